The number of nitrogens with one attached hydrogen (secondary N) is 1. The van der Waals surface area contributed by atoms with Crippen molar-refractivity contribution >= 4 is 17.5 Å². The summed E-state index contributed by atoms with van der Waals surface area (Å²) in [6, 6.07) is 6.50. The molecule has 1 aromatic carbocycles. The molecule has 2 aromatic rings. The van der Waals surface area contributed by atoms with Gasteiger partial charge >= 0.3 is 6.55 Å². The second-order valence-electron chi connectivity index (χ2n) is 6.03. The van der Waals surface area contributed by atoms with E-state index in [0.717, 1.165) is 17.4 Å². The van der Waals surface area contributed by atoms with Crippen molar-refractivity contribution in [1.29, 1.82) is 0 Å². The van der Waals surface area contributed by atoms with Crippen LogP contribution in [0.5, 0.6) is 0 Å². The van der Waals surface area contributed by atoms with E-state index in [2.05, 4.69) is 10.3 Å². The van der Waals surface area contributed by atoms with E-state index < -0.39 is 6.55 Å². The lowest BCUT2D eigenvalue weighted by atomic mass is 10.2. The molecule has 6 nitrogen and oxygen atoms in total. The predicted octanol–water partition coefficient (Wildman–Crippen LogP) is 2.90. The lowest BCUT2D eigenvalue weighted by Gasteiger charge is -2.18. The van der Waals surface area contributed by atoms with E-state index in [1.54, 1.807) is 24.3 Å². The number of aromatic nitrogens is 2. The van der Waals surface area contributed by atoms with Crippen LogP contribution in [0.2, 0.25) is 0 Å². The lowest BCUT2D eigenvalue weighted by Crippen LogP contribution is -2.27. The molecule has 1 aliphatic rings. The Labute approximate surface area is 143 Å². The Hall–Kier alpha value is -2.77. The molecule has 0 atom stereocenters. The highest BCUT2D eigenvalue weighted by molar-refractivity contribution is 5.96. The number of imidazole rings is 1. The van der Waals surface area contributed by atoms with Crippen LogP contribution in [0, 0.1) is 5.92 Å². The Morgan fingerprint density at radius 1 is 1.32 bits per heavy atom. The van der Waals surface area contributed by atoms with E-state index in [4.69, 9.17) is 0 Å². The smallest absolute Gasteiger partial charge is 0.319 e. The number of halogens is 2. The van der Waals surface area contributed by atoms with Crippen molar-refractivity contribution in [1.82, 2.24) is 14.5 Å². The van der Waals surface area contributed by atoms with Crippen LogP contribution in [-0.2, 0) is 11.3 Å². The molecule has 8 heteroatoms. The topological polar surface area (TPSA) is 67.2 Å². The van der Waals surface area contributed by atoms with Crippen molar-refractivity contribution in [2.45, 2.75) is 25.9 Å². The summed E-state index contributed by atoms with van der Waals surface area (Å²) in [4.78, 5) is 29.3. The average molecular weight is 348 g/mol. The van der Waals surface area contributed by atoms with Gasteiger partial charge in [-0.05, 0) is 37.1 Å². The summed E-state index contributed by atoms with van der Waals surface area (Å²) < 4.78 is 26.4. The fourth-order valence-electron chi connectivity index (χ4n) is 2.43. The van der Waals surface area contributed by atoms with Crippen LogP contribution in [0.3, 0.4) is 0 Å². The van der Waals surface area contributed by atoms with Gasteiger partial charge in [-0.3, -0.25) is 14.2 Å². The van der Waals surface area contributed by atoms with E-state index in [0.29, 0.717) is 11.3 Å². The number of rotatable bonds is 6. The minimum atomic E-state index is -2.70. The molecule has 0 saturated heterocycles. The molecule has 1 saturated carbocycles. The largest absolute Gasteiger partial charge is 0.334 e. The summed E-state index contributed by atoms with van der Waals surface area (Å²) in [7, 11) is 1.52. The number of benzene rings is 1. The van der Waals surface area contributed by atoms with Crippen LogP contribution in [0.4, 0.5) is 14.5 Å². The molecule has 1 heterocycles. The van der Waals surface area contributed by atoms with Crippen LogP contribution < -0.4 is 5.32 Å². The first kappa shape index (κ1) is 17.1. The van der Waals surface area contributed by atoms with Gasteiger partial charge in [0, 0.05) is 36.6 Å². The molecule has 25 heavy (non-hydrogen) atoms. The molecule has 2 amide bonds. The van der Waals surface area contributed by atoms with Crippen LogP contribution in [0.25, 0.3) is 0 Å². The summed E-state index contributed by atoms with van der Waals surface area (Å²) in [5.41, 5.74) is 1.03. The number of amides is 2. The second-order valence-corrected chi connectivity index (χ2v) is 6.03. The highest BCUT2D eigenvalue weighted by Crippen LogP contribution is 2.30. The van der Waals surface area contributed by atoms with Crippen molar-refractivity contribution < 1.29 is 18.4 Å². The maximum absolute atomic E-state index is 12.8. The van der Waals surface area contributed by atoms with E-state index in [-0.39, 0.29) is 30.1 Å². The lowest BCUT2D eigenvalue weighted by molar-refractivity contribution is -0.117. The van der Waals surface area contributed by atoms with Gasteiger partial charge in [-0.15, -0.1) is 0 Å². The summed E-state index contributed by atoms with van der Waals surface area (Å²) in [6.45, 7) is -2.73. The van der Waals surface area contributed by atoms with Crippen molar-refractivity contribution in [2.24, 2.45) is 5.92 Å². The predicted molar refractivity (Wildman–Crippen MR) is 87.1 cm³/mol. The first-order valence-electron chi connectivity index (χ1n) is 7.92. The maximum Gasteiger partial charge on any atom is 0.319 e. The third-order valence-corrected chi connectivity index (χ3v) is 4.03. The van der Waals surface area contributed by atoms with Crippen molar-refractivity contribution in [2.75, 3.05) is 12.4 Å². The van der Waals surface area contributed by atoms with Gasteiger partial charge in [0.15, 0.2) is 0 Å². The third-order valence-electron chi connectivity index (χ3n) is 4.03. The zero-order valence-corrected chi connectivity index (χ0v) is 13.7. The Kier molecular flexibility index (Phi) is 4.78. The number of nitrogens with zero attached hydrogens (tertiary/aromatic N) is 3. The van der Waals surface area contributed by atoms with Gasteiger partial charge < -0.3 is 10.2 Å². The highest BCUT2D eigenvalue weighted by Gasteiger charge is 2.29. The zero-order chi connectivity index (χ0) is 18.0. The third kappa shape index (κ3) is 4.01. The molecule has 1 fully saturated rings. The number of hydrogen-bond acceptors (Lipinski definition) is 3. The van der Waals surface area contributed by atoms with Gasteiger partial charge in [-0.25, -0.2) is 4.98 Å². The summed E-state index contributed by atoms with van der Waals surface area (Å²) in [5, 5.41) is 2.79. The number of carbonyl (C=O) groups is 2. The Balaban J connectivity index is 1.63. The van der Waals surface area contributed by atoms with Crippen LogP contribution in [0.15, 0.2) is 36.7 Å². The molecule has 132 valence electrons. The SMILES string of the molecule is CN(Cc1nccn1C(F)F)C(=O)c1ccc(NC(=O)C2CC2)cc1. The summed E-state index contributed by atoms with van der Waals surface area (Å²) in [6.07, 6.45) is 4.29. The molecule has 0 bridgehead atoms. The molecule has 1 aliphatic carbocycles. The number of carbonyl (C=O) groups excluding carboxylic acids is 2. The van der Waals surface area contributed by atoms with E-state index in [1.165, 1.54) is 24.3 Å². The van der Waals surface area contributed by atoms with Gasteiger partial charge in [0.1, 0.15) is 5.82 Å². The molecule has 1 aromatic heterocycles. The zero-order valence-electron chi connectivity index (χ0n) is 13.7. The number of anilines is 1. The molecular formula is C17H18F2N4O2. The normalized spacial score (nSPS) is 13.8. The van der Waals surface area contributed by atoms with Crippen LogP contribution >= 0.6 is 0 Å². The fourth-order valence-corrected chi connectivity index (χ4v) is 2.43. The van der Waals surface area contributed by atoms with Gasteiger partial charge in [0.25, 0.3) is 5.91 Å². The summed E-state index contributed by atoms with van der Waals surface area (Å²) >= 11 is 0. The standard InChI is InChI=1S/C17H18F2N4O2/c1-22(10-14-20-8-9-23(14)17(18)19)16(25)12-4-6-13(7-5-12)21-15(24)11-2-3-11/h4-9,11,17H,2-3,10H2,1H3,(H,21,24). The monoisotopic (exact) mass is 348 g/mol. The van der Waals surface area contributed by atoms with Gasteiger partial charge in [-0.2, -0.15) is 8.78 Å². The minimum Gasteiger partial charge on any atom is -0.334 e. The molecule has 0 aliphatic heterocycles. The molecule has 0 radical (unpaired) electrons. The molecule has 1 N–H and O–H groups in total. The molecule has 3 rings (SSSR count). The first-order valence-corrected chi connectivity index (χ1v) is 7.92. The van der Waals surface area contributed by atoms with Crippen LogP contribution in [0.1, 0.15) is 35.6 Å². The molecule has 0 spiro atoms. The minimum absolute atomic E-state index is 0.00460. The van der Waals surface area contributed by atoms with Crippen LogP contribution in [-0.4, -0.2) is 33.3 Å². The molecule has 0 unspecified atom stereocenters. The first-order chi connectivity index (χ1) is 12.0. The fraction of sp³-hybridized carbons (Fsp3) is 0.353. The quantitative estimate of drug-likeness (QED) is 0.873. The number of alkyl halides is 2. The van der Waals surface area contributed by atoms with E-state index >= 15 is 0 Å². The Morgan fingerprint density at radius 3 is 2.60 bits per heavy atom. The van der Waals surface area contributed by atoms with Gasteiger partial charge in [-0.1, -0.05) is 0 Å². The Morgan fingerprint density at radius 2 is 2.00 bits per heavy atom. The van der Waals surface area contributed by atoms with Crippen molar-refractivity contribution in [3.05, 3.63) is 48.0 Å². The van der Waals surface area contributed by atoms with Gasteiger partial charge in [0.05, 0.1) is 6.54 Å². The van der Waals surface area contributed by atoms with Crippen molar-refractivity contribution in [3.63, 3.8) is 0 Å². The molecular weight excluding hydrogens is 330 g/mol. The van der Waals surface area contributed by atoms with Crippen molar-refractivity contribution in [3.8, 4) is 0 Å². The average Bonchev–Trinajstić information content (AvgIpc) is 3.34. The van der Waals surface area contributed by atoms with E-state index in [1.807, 2.05) is 0 Å². The number of hydrogen-bond donors (Lipinski definition) is 1. The van der Waals surface area contributed by atoms with Gasteiger partial charge in [0.2, 0.25) is 5.91 Å². The maximum atomic E-state index is 12.8. The van der Waals surface area contributed by atoms with E-state index in [9.17, 15) is 18.4 Å². The Bertz CT molecular complexity index is 769. The highest BCUT2D eigenvalue weighted by atomic mass is 19.3. The second kappa shape index (κ2) is 7.00. The summed E-state index contributed by atoms with van der Waals surface area (Å²) in [5.74, 6) is -0.107.